The summed E-state index contributed by atoms with van der Waals surface area (Å²) in [5.74, 6) is -0.956. The average Bonchev–Trinajstić information content (AvgIpc) is 3.66. The number of epoxide rings is 1. The van der Waals surface area contributed by atoms with Crippen LogP contribution in [-0.4, -0.2) is 48.1 Å². The van der Waals surface area contributed by atoms with Crippen molar-refractivity contribution in [3.8, 4) is 6.07 Å². The maximum Gasteiger partial charge on any atom is 0.312 e. The maximum absolute atomic E-state index is 14.5. The van der Waals surface area contributed by atoms with Gasteiger partial charge in [0.25, 0.3) is 0 Å². The molecule has 5 aliphatic carbocycles. The Morgan fingerprint density at radius 1 is 1.10 bits per heavy atom. The number of nitrogens with zero attached hydrogens (tertiary/aromatic N) is 1. The van der Waals surface area contributed by atoms with Gasteiger partial charge in [-0.05, 0) is 79.1 Å². The molecule has 7 heteroatoms. The zero-order valence-corrected chi connectivity index (χ0v) is 24.5. The van der Waals surface area contributed by atoms with Crippen LogP contribution in [0.5, 0.6) is 0 Å². The molecule has 0 amide bonds. The standard InChI is InChI=1S/C32H43NO6/c1-26(2)20-8-9-28(4)21(30(20,6)24-32(16-33,39-24)23(26)36)14-19(35)22-18-15-27(3,17-34)10-12-31(18,25(37)38-7)13-11-29(22,28)5/h14,18,20,22,24,34H,8-13,15,17H2,1-7H3/t18-,20-,22-,24+,27+,28+,29+,30-,31-,32-/m0/s1. The Labute approximate surface area is 231 Å². The number of carbonyl (C=O) groups excluding carboxylic acids is 3. The molecular weight excluding hydrogens is 494 g/mol. The van der Waals surface area contributed by atoms with Crippen LogP contribution >= 0.6 is 0 Å². The second-order valence-electron chi connectivity index (χ2n) is 15.4. The summed E-state index contributed by atoms with van der Waals surface area (Å²) in [5.41, 5.74) is -3.63. The van der Waals surface area contributed by atoms with Crippen molar-refractivity contribution >= 4 is 17.5 Å². The van der Waals surface area contributed by atoms with Crippen molar-refractivity contribution in [3.05, 3.63) is 11.6 Å². The summed E-state index contributed by atoms with van der Waals surface area (Å²) in [6, 6.07) is 2.22. The molecule has 6 rings (SSSR count). The molecule has 39 heavy (non-hydrogen) atoms. The normalized spacial score (nSPS) is 53.1. The number of esters is 1. The summed E-state index contributed by atoms with van der Waals surface area (Å²) in [7, 11) is 1.44. The van der Waals surface area contributed by atoms with Gasteiger partial charge >= 0.3 is 5.97 Å². The first kappa shape index (κ1) is 27.1. The lowest BCUT2D eigenvalue weighted by Crippen LogP contribution is -2.68. The van der Waals surface area contributed by atoms with Crippen molar-refractivity contribution in [2.75, 3.05) is 13.7 Å². The Morgan fingerprint density at radius 3 is 2.38 bits per heavy atom. The zero-order valence-electron chi connectivity index (χ0n) is 24.5. The number of hydrogen-bond acceptors (Lipinski definition) is 7. The van der Waals surface area contributed by atoms with Crippen LogP contribution < -0.4 is 0 Å². The summed E-state index contributed by atoms with van der Waals surface area (Å²) < 4.78 is 11.5. The number of fused-ring (bicyclic) bond motifs is 9. The van der Waals surface area contributed by atoms with Crippen molar-refractivity contribution in [2.45, 2.75) is 98.2 Å². The van der Waals surface area contributed by atoms with E-state index in [4.69, 9.17) is 9.47 Å². The number of hydrogen-bond donors (Lipinski definition) is 1. The largest absolute Gasteiger partial charge is 0.469 e. The van der Waals surface area contributed by atoms with Crippen molar-refractivity contribution < 1.29 is 29.0 Å². The van der Waals surface area contributed by atoms with Gasteiger partial charge in [0, 0.05) is 23.4 Å². The smallest absolute Gasteiger partial charge is 0.312 e. The lowest BCUT2D eigenvalue weighted by Gasteiger charge is -2.69. The Morgan fingerprint density at radius 2 is 1.77 bits per heavy atom. The second-order valence-corrected chi connectivity index (χ2v) is 15.4. The number of methoxy groups -OCH3 is 1. The second kappa shape index (κ2) is 7.62. The summed E-state index contributed by atoms with van der Waals surface area (Å²) in [5, 5.41) is 20.4. The molecule has 6 aliphatic rings. The minimum Gasteiger partial charge on any atom is -0.469 e. The van der Waals surface area contributed by atoms with Gasteiger partial charge in [-0.25, -0.2) is 0 Å². The van der Waals surface area contributed by atoms with E-state index in [0.29, 0.717) is 19.3 Å². The van der Waals surface area contributed by atoms with E-state index in [9.17, 15) is 24.8 Å². The highest BCUT2D eigenvalue weighted by Crippen LogP contribution is 2.77. The van der Waals surface area contributed by atoms with Crippen molar-refractivity contribution in [1.82, 2.24) is 0 Å². The highest BCUT2D eigenvalue weighted by Gasteiger charge is 2.82. The molecule has 1 N–H and O–H groups in total. The van der Waals surface area contributed by atoms with E-state index in [1.165, 1.54) is 7.11 Å². The number of aliphatic hydroxyl groups is 1. The minimum absolute atomic E-state index is 0.0227. The van der Waals surface area contributed by atoms with Gasteiger partial charge in [0.15, 0.2) is 11.6 Å². The molecule has 1 heterocycles. The molecule has 0 aromatic rings. The number of Topliss-reactive ketones (excluding diaryl/α,β-unsaturated/α-hetero) is 1. The van der Waals surface area contributed by atoms with Gasteiger partial charge in [-0.3, -0.25) is 14.4 Å². The molecule has 1 saturated heterocycles. The van der Waals surface area contributed by atoms with Gasteiger partial charge in [-0.15, -0.1) is 0 Å². The molecule has 0 aromatic carbocycles. The molecule has 4 saturated carbocycles. The number of carbonyl (C=O) groups is 3. The zero-order chi connectivity index (χ0) is 28.6. The Bertz CT molecular complexity index is 1260. The van der Waals surface area contributed by atoms with Gasteiger partial charge in [-0.2, -0.15) is 5.26 Å². The first-order valence-corrected chi connectivity index (χ1v) is 14.7. The van der Waals surface area contributed by atoms with Crippen LogP contribution in [0.15, 0.2) is 11.6 Å². The van der Waals surface area contributed by atoms with E-state index < -0.39 is 33.4 Å². The Kier molecular flexibility index (Phi) is 5.30. The van der Waals surface area contributed by atoms with Gasteiger partial charge in [0.2, 0.25) is 5.60 Å². The quantitative estimate of drug-likeness (QED) is 0.405. The van der Waals surface area contributed by atoms with E-state index in [-0.39, 0.29) is 52.7 Å². The van der Waals surface area contributed by atoms with E-state index in [0.717, 1.165) is 31.3 Å². The third kappa shape index (κ3) is 2.83. The first-order chi connectivity index (χ1) is 18.1. The monoisotopic (exact) mass is 537 g/mol. The topological polar surface area (TPSA) is 117 Å². The van der Waals surface area contributed by atoms with E-state index in [2.05, 4.69) is 33.8 Å². The van der Waals surface area contributed by atoms with Crippen LogP contribution in [0.2, 0.25) is 0 Å². The average molecular weight is 538 g/mol. The van der Waals surface area contributed by atoms with Gasteiger partial charge in [0.05, 0.1) is 12.5 Å². The molecule has 0 spiro atoms. The van der Waals surface area contributed by atoms with Crippen molar-refractivity contribution in [2.24, 2.45) is 50.2 Å². The van der Waals surface area contributed by atoms with Crippen LogP contribution in [0.4, 0.5) is 0 Å². The third-order valence-electron chi connectivity index (χ3n) is 13.6. The summed E-state index contributed by atoms with van der Waals surface area (Å²) in [6.45, 7) is 12.6. The maximum atomic E-state index is 14.5. The molecule has 1 aliphatic heterocycles. The fourth-order valence-corrected chi connectivity index (χ4v) is 11.1. The Balaban J connectivity index is 1.52. The van der Waals surface area contributed by atoms with E-state index in [1.807, 2.05) is 19.9 Å². The molecule has 10 atom stereocenters. The first-order valence-electron chi connectivity index (χ1n) is 14.7. The van der Waals surface area contributed by atoms with Crippen LogP contribution in [-0.2, 0) is 23.9 Å². The minimum atomic E-state index is -1.44. The Hall–Kier alpha value is -2.04. The van der Waals surface area contributed by atoms with Gasteiger partial charge in [0.1, 0.15) is 12.2 Å². The van der Waals surface area contributed by atoms with Crippen LogP contribution in [0, 0.1) is 61.6 Å². The molecular formula is C32H43NO6. The molecule has 5 fully saturated rings. The summed E-state index contributed by atoms with van der Waals surface area (Å²) in [6.07, 6.45) is 6.25. The molecule has 0 unspecified atom stereocenters. The number of nitriles is 1. The third-order valence-corrected chi connectivity index (χ3v) is 13.6. The molecule has 0 radical (unpaired) electrons. The van der Waals surface area contributed by atoms with Crippen molar-refractivity contribution in [1.29, 1.82) is 5.26 Å². The number of ketones is 2. The highest BCUT2D eigenvalue weighted by molar-refractivity contribution is 6.01. The summed E-state index contributed by atoms with van der Waals surface area (Å²) >= 11 is 0. The molecule has 0 aromatic heterocycles. The van der Waals surface area contributed by atoms with E-state index in [1.54, 1.807) is 0 Å². The fraction of sp³-hybridized carbons (Fsp3) is 0.812. The lowest BCUT2D eigenvalue weighted by molar-refractivity contribution is -0.194. The van der Waals surface area contributed by atoms with Crippen LogP contribution in [0.3, 0.4) is 0 Å². The fourth-order valence-electron chi connectivity index (χ4n) is 11.1. The number of aliphatic hydroxyl groups excluding tert-OH is 1. The number of ether oxygens (including phenoxy) is 2. The number of allylic oxidation sites excluding steroid dienone is 1. The van der Waals surface area contributed by atoms with Crippen LogP contribution in [0.1, 0.15) is 86.5 Å². The number of rotatable bonds is 2. The van der Waals surface area contributed by atoms with Crippen molar-refractivity contribution in [3.63, 3.8) is 0 Å². The summed E-state index contributed by atoms with van der Waals surface area (Å²) in [4.78, 5) is 41.4. The van der Waals surface area contributed by atoms with Gasteiger partial charge < -0.3 is 14.6 Å². The molecule has 0 bridgehead atoms. The predicted molar refractivity (Wildman–Crippen MR) is 142 cm³/mol. The highest BCUT2D eigenvalue weighted by atomic mass is 16.6. The van der Waals surface area contributed by atoms with Gasteiger partial charge in [-0.1, -0.05) is 47.1 Å². The lowest BCUT2D eigenvalue weighted by atomic mass is 9.33. The van der Waals surface area contributed by atoms with Crippen LogP contribution in [0.25, 0.3) is 0 Å². The predicted octanol–water partition coefficient (Wildman–Crippen LogP) is 4.56. The molecule has 212 valence electrons. The molecule has 7 nitrogen and oxygen atoms in total. The van der Waals surface area contributed by atoms with E-state index >= 15 is 0 Å². The SMILES string of the molecule is COC(=O)[C@]12CC[C@@](C)(CO)C[C@H]1[C@H]1C(=O)C=C3[C@@]4(C)[C@H]5O[C@@]5(C#N)C(=O)C(C)(C)[C@@H]4CC[C@@]3(C)[C@]1(C)CC2.